The monoisotopic (exact) mass is 578 g/mol. The third kappa shape index (κ3) is 7.02. The van der Waals surface area contributed by atoms with Crippen LogP contribution in [0.2, 0.25) is 0 Å². The van der Waals surface area contributed by atoms with Gasteiger partial charge >= 0.3 is 0 Å². The summed E-state index contributed by atoms with van der Waals surface area (Å²) in [6.45, 7) is 5.06. The molecule has 43 heavy (non-hydrogen) atoms. The van der Waals surface area contributed by atoms with Crippen LogP contribution in [0.25, 0.3) is 22.0 Å². The molecule has 0 aliphatic carbocycles. The van der Waals surface area contributed by atoms with Gasteiger partial charge in [0.1, 0.15) is 17.3 Å². The van der Waals surface area contributed by atoms with Crippen molar-refractivity contribution < 1.29 is 18.9 Å². The first-order valence-corrected chi connectivity index (χ1v) is 14.5. The van der Waals surface area contributed by atoms with Gasteiger partial charge in [-0.2, -0.15) is 0 Å². The van der Waals surface area contributed by atoms with Crippen LogP contribution in [-0.2, 0) is 11.2 Å². The predicted octanol–water partition coefficient (Wildman–Crippen LogP) is 5.48. The Morgan fingerprint density at radius 3 is 2.51 bits per heavy atom. The van der Waals surface area contributed by atoms with Crippen molar-refractivity contribution in [3.05, 3.63) is 107 Å². The van der Waals surface area contributed by atoms with Crippen LogP contribution in [0.5, 0.6) is 23.0 Å². The third-order valence-corrected chi connectivity index (χ3v) is 7.43. The molecular formula is C34H34N4O5. The Labute approximate surface area is 250 Å². The van der Waals surface area contributed by atoms with Gasteiger partial charge in [-0.05, 0) is 41.8 Å². The summed E-state index contributed by atoms with van der Waals surface area (Å²) in [6, 6.07) is 22.9. The lowest BCUT2D eigenvalue weighted by atomic mass is 10.1. The molecule has 220 valence electrons. The minimum atomic E-state index is -0.180. The molecule has 6 rings (SSSR count). The van der Waals surface area contributed by atoms with Gasteiger partial charge in [0, 0.05) is 49.9 Å². The van der Waals surface area contributed by atoms with E-state index in [2.05, 4.69) is 19.9 Å². The van der Waals surface area contributed by atoms with Gasteiger partial charge in [0.25, 0.3) is 5.56 Å². The van der Waals surface area contributed by atoms with Crippen molar-refractivity contribution in [1.82, 2.24) is 19.9 Å². The SMILES string of the molecule is COc1cc2c(Oc3ccc(-c4cnc(Cc5ccccc5)[nH]c4=O)cc3)ccnc2cc1OCCCN1CCOCC1. The molecule has 0 unspecified atom stereocenters. The van der Waals surface area contributed by atoms with E-state index in [1.54, 1.807) is 19.5 Å². The van der Waals surface area contributed by atoms with E-state index in [-0.39, 0.29) is 5.56 Å². The maximum Gasteiger partial charge on any atom is 0.258 e. The zero-order chi connectivity index (χ0) is 29.4. The minimum Gasteiger partial charge on any atom is -0.493 e. The standard InChI is InChI=1S/C34H34N4O5/c1-40-31-21-27-29(22-32(31)42-17-5-14-38-15-18-41-19-16-38)35-13-12-30(27)43-26-10-8-25(9-11-26)28-23-36-33(37-34(28)39)20-24-6-3-2-4-7-24/h2-4,6-13,21-23H,5,14-20H2,1H3,(H,36,37,39). The number of hydrogen-bond donors (Lipinski definition) is 1. The van der Waals surface area contributed by atoms with E-state index in [4.69, 9.17) is 18.9 Å². The summed E-state index contributed by atoms with van der Waals surface area (Å²) in [6.07, 6.45) is 4.81. The molecule has 1 aliphatic heterocycles. The Kier molecular flexibility index (Phi) is 8.91. The number of ether oxygens (including phenoxy) is 4. The Bertz CT molecular complexity index is 1720. The number of rotatable bonds is 11. The van der Waals surface area contributed by atoms with Gasteiger partial charge in [-0.1, -0.05) is 42.5 Å². The van der Waals surface area contributed by atoms with Crippen LogP contribution in [-0.4, -0.2) is 66.4 Å². The minimum absolute atomic E-state index is 0.180. The number of nitrogens with zero attached hydrogens (tertiary/aromatic N) is 3. The summed E-state index contributed by atoms with van der Waals surface area (Å²) < 4.78 is 23.4. The van der Waals surface area contributed by atoms with Crippen molar-refractivity contribution >= 4 is 10.9 Å². The lowest BCUT2D eigenvalue weighted by Gasteiger charge is -2.26. The van der Waals surface area contributed by atoms with Crippen molar-refractivity contribution in [2.45, 2.75) is 12.8 Å². The first-order chi connectivity index (χ1) is 21.2. The van der Waals surface area contributed by atoms with Gasteiger partial charge in [-0.15, -0.1) is 0 Å². The zero-order valence-electron chi connectivity index (χ0n) is 24.1. The van der Waals surface area contributed by atoms with Crippen LogP contribution in [0.1, 0.15) is 17.8 Å². The molecule has 3 heterocycles. The summed E-state index contributed by atoms with van der Waals surface area (Å²) in [5.41, 5.74) is 2.90. The number of H-pyrrole nitrogens is 1. The maximum absolute atomic E-state index is 12.8. The highest BCUT2D eigenvalue weighted by Gasteiger charge is 2.14. The van der Waals surface area contributed by atoms with Crippen molar-refractivity contribution in [3.63, 3.8) is 0 Å². The molecule has 0 amide bonds. The van der Waals surface area contributed by atoms with Crippen LogP contribution >= 0.6 is 0 Å². The summed E-state index contributed by atoms with van der Waals surface area (Å²) in [5.74, 6) is 3.17. The molecule has 0 spiro atoms. The van der Waals surface area contributed by atoms with E-state index in [0.717, 1.165) is 61.3 Å². The summed E-state index contributed by atoms with van der Waals surface area (Å²) >= 11 is 0. The van der Waals surface area contributed by atoms with E-state index >= 15 is 0 Å². The molecular weight excluding hydrogens is 544 g/mol. The van der Waals surface area contributed by atoms with Crippen LogP contribution in [0, 0.1) is 0 Å². The summed E-state index contributed by atoms with van der Waals surface area (Å²) in [5, 5.41) is 0.804. The van der Waals surface area contributed by atoms with Crippen molar-refractivity contribution in [2.24, 2.45) is 0 Å². The summed E-state index contributed by atoms with van der Waals surface area (Å²) in [4.78, 5) is 27.1. The zero-order valence-corrected chi connectivity index (χ0v) is 24.1. The summed E-state index contributed by atoms with van der Waals surface area (Å²) in [7, 11) is 1.63. The number of aromatic nitrogens is 3. The van der Waals surface area contributed by atoms with E-state index in [9.17, 15) is 4.79 Å². The molecule has 0 bridgehead atoms. The van der Waals surface area contributed by atoms with Crippen molar-refractivity contribution in [2.75, 3.05) is 46.6 Å². The molecule has 1 N–H and O–H groups in total. The fourth-order valence-electron chi connectivity index (χ4n) is 5.13. The molecule has 1 fully saturated rings. The van der Waals surface area contributed by atoms with Crippen molar-refractivity contribution in [1.29, 1.82) is 0 Å². The molecule has 2 aromatic heterocycles. The lowest BCUT2D eigenvalue weighted by Crippen LogP contribution is -2.37. The first-order valence-electron chi connectivity index (χ1n) is 14.5. The number of methoxy groups -OCH3 is 1. The molecule has 3 aromatic carbocycles. The van der Waals surface area contributed by atoms with Crippen LogP contribution in [0.3, 0.4) is 0 Å². The third-order valence-electron chi connectivity index (χ3n) is 7.43. The Morgan fingerprint density at radius 1 is 0.930 bits per heavy atom. The second kappa shape index (κ2) is 13.5. The number of pyridine rings is 1. The fourth-order valence-corrected chi connectivity index (χ4v) is 5.13. The van der Waals surface area contributed by atoms with Gasteiger partial charge in [-0.3, -0.25) is 14.7 Å². The van der Waals surface area contributed by atoms with E-state index < -0.39 is 0 Å². The van der Waals surface area contributed by atoms with Gasteiger partial charge in [0.15, 0.2) is 11.5 Å². The molecule has 1 aliphatic rings. The first kappa shape index (κ1) is 28.4. The fraction of sp³-hybridized carbons (Fsp3) is 0.265. The molecule has 9 heteroatoms. The van der Waals surface area contributed by atoms with Crippen molar-refractivity contribution in [3.8, 4) is 34.1 Å². The van der Waals surface area contributed by atoms with E-state index in [0.29, 0.717) is 47.4 Å². The molecule has 1 saturated heterocycles. The number of nitrogens with one attached hydrogen (secondary N) is 1. The van der Waals surface area contributed by atoms with Gasteiger partial charge in [0.05, 0.1) is 38.0 Å². The number of hydrogen-bond acceptors (Lipinski definition) is 8. The quantitative estimate of drug-likeness (QED) is 0.206. The number of benzene rings is 3. The van der Waals surface area contributed by atoms with E-state index in [1.807, 2.05) is 72.8 Å². The predicted molar refractivity (Wildman–Crippen MR) is 165 cm³/mol. The average Bonchev–Trinajstić information content (AvgIpc) is 3.04. The highest BCUT2D eigenvalue weighted by molar-refractivity contribution is 5.88. The highest BCUT2D eigenvalue weighted by atomic mass is 16.5. The van der Waals surface area contributed by atoms with Crippen LogP contribution < -0.4 is 19.8 Å². The molecule has 9 nitrogen and oxygen atoms in total. The smallest absolute Gasteiger partial charge is 0.258 e. The largest absolute Gasteiger partial charge is 0.493 e. The second-order valence-corrected chi connectivity index (χ2v) is 10.3. The van der Waals surface area contributed by atoms with Crippen LogP contribution in [0.15, 0.2) is 90.0 Å². The lowest BCUT2D eigenvalue weighted by molar-refractivity contribution is 0.0357. The number of fused-ring (bicyclic) bond motifs is 1. The van der Waals surface area contributed by atoms with Gasteiger partial charge in [-0.25, -0.2) is 4.98 Å². The molecule has 5 aromatic rings. The average molecular weight is 579 g/mol. The topological polar surface area (TPSA) is 98.8 Å². The molecule has 0 saturated carbocycles. The normalized spacial score (nSPS) is 13.6. The maximum atomic E-state index is 12.8. The van der Waals surface area contributed by atoms with Gasteiger partial charge < -0.3 is 23.9 Å². The highest BCUT2D eigenvalue weighted by Crippen LogP contribution is 2.37. The molecule has 0 radical (unpaired) electrons. The second-order valence-electron chi connectivity index (χ2n) is 10.3. The molecule has 0 atom stereocenters. The van der Waals surface area contributed by atoms with Gasteiger partial charge in [0.2, 0.25) is 0 Å². The van der Waals surface area contributed by atoms with Crippen LogP contribution in [0.4, 0.5) is 0 Å². The van der Waals surface area contributed by atoms with E-state index in [1.165, 1.54) is 0 Å². The number of aromatic amines is 1. The number of morpholine rings is 1. The Hall–Kier alpha value is -4.73. The Morgan fingerprint density at radius 2 is 1.74 bits per heavy atom. The Balaban J connectivity index is 1.13.